The first kappa shape index (κ1) is 27.2. The number of hydrogen-bond acceptors (Lipinski definition) is 4. The van der Waals surface area contributed by atoms with Crippen LogP contribution in [0, 0.1) is 11.8 Å². The summed E-state index contributed by atoms with van der Waals surface area (Å²) in [5.41, 5.74) is 1.23. The largest absolute Gasteiger partial charge is 0.507 e. The summed E-state index contributed by atoms with van der Waals surface area (Å²) in [6.45, 7) is 8.81. The van der Waals surface area contributed by atoms with E-state index in [9.17, 15) is 18.6 Å². The quantitative estimate of drug-likeness (QED) is 0.279. The molecule has 0 aliphatic rings. The van der Waals surface area contributed by atoms with Crippen molar-refractivity contribution in [3.63, 3.8) is 0 Å². The Morgan fingerprint density at radius 3 is 1.39 bits per heavy atom. The highest BCUT2D eigenvalue weighted by Crippen LogP contribution is 2.38. The fourth-order valence-electron chi connectivity index (χ4n) is 4.35. The molecule has 5 heteroatoms. The van der Waals surface area contributed by atoms with E-state index in [1.807, 2.05) is 0 Å². The molecule has 2 aromatic rings. The van der Waals surface area contributed by atoms with Crippen molar-refractivity contribution in [2.45, 2.75) is 102 Å². The molecule has 0 bridgehead atoms. The van der Waals surface area contributed by atoms with E-state index < -0.39 is 9.84 Å². The smallest absolute Gasteiger partial charge is 0.214 e. The molecule has 0 aliphatic carbocycles. The molecule has 2 aromatic carbocycles. The Balaban J connectivity index is 2.27. The first-order valence-electron chi connectivity index (χ1n) is 12.5. The van der Waals surface area contributed by atoms with Gasteiger partial charge in [0.15, 0.2) is 0 Å². The molecule has 184 valence electrons. The number of phenols is 2. The van der Waals surface area contributed by atoms with Gasteiger partial charge in [-0.1, -0.05) is 90.5 Å². The second-order valence-corrected chi connectivity index (χ2v) is 11.8. The van der Waals surface area contributed by atoms with E-state index in [2.05, 4.69) is 27.7 Å². The Morgan fingerprint density at radius 1 is 0.636 bits per heavy atom. The summed E-state index contributed by atoms with van der Waals surface area (Å²) in [6.07, 6.45) is 9.46. The highest BCUT2D eigenvalue weighted by Gasteiger charge is 2.30. The van der Waals surface area contributed by atoms with Gasteiger partial charge in [-0.25, -0.2) is 8.42 Å². The number of benzene rings is 2. The van der Waals surface area contributed by atoms with Crippen LogP contribution in [0.2, 0.25) is 0 Å². The van der Waals surface area contributed by atoms with E-state index >= 15 is 0 Å². The second kappa shape index (κ2) is 13.0. The molecule has 0 amide bonds. The number of sulfone groups is 1. The number of aromatic hydroxyl groups is 2. The van der Waals surface area contributed by atoms with Crippen molar-refractivity contribution < 1.29 is 18.6 Å². The van der Waals surface area contributed by atoms with Crippen LogP contribution in [0.1, 0.15) is 90.2 Å². The van der Waals surface area contributed by atoms with Crippen LogP contribution in [-0.2, 0) is 22.7 Å². The lowest BCUT2D eigenvalue weighted by Crippen LogP contribution is -2.10. The molecule has 0 fully saturated rings. The molecule has 0 radical (unpaired) electrons. The Labute approximate surface area is 201 Å². The third-order valence-corrected chi connectivity index (χ3v) is 8.16. The molecule has 0 aliphatic heterocycles. The molecule has 2 rings (SSSR count). The molecule has 0 atom stereocenters. The second-order valence-electron chi connectivity index (χ2n) is 10.0. The van der Waals surface area contributed by atoms with Gasteiger partial charge in [-0.3, -0.25) is 0 Å². The predicted octanol–water partition coefficient (Wildman–Crippen LogP) is 7.45. The number of unbranched alkanes of at least 4 members (excludes halogenated alkanes) is 4. The fraction of sp³-hybridized carbons (Fsp3) is 0.571. The Bertz CT molecular complexity index is 904. The topological polar surface area (TPSA) is 74.6 Å². The Kier molecular flexibility index (Phi) is 10.7. The summed E-state index contributed by atoms with van der Waals surface area (Å²) in [6, 6.07) is 9.78. The van der Waals surface area contributed by atoms with Gasteiger partial charge in [0, 0.05) is 0 Å². The number of aryl methyl sites for hydroxylation is 2. The Hall–Kier alpha value is -2.01. The van der Waals surface area contributed by atoms with Crippen LogP contribution >= 0.6 is 0 Å². The average Bonchev–Trinajstić information content (AvgIpc) is 2.72. The van der Waals surface area contributed by atoms with Crippen molar-refractivity contribution in [2.24, 2.45) is 11.8 Å². The van der Waals surface area contributed by atoms with E-state index in [1.54, 1.807) is 24.3 Å². The van der Waals surface area contributed by atoms with Gasteiger partial charge in [0.25, 0.3) is 0 Å². The molecule has 33 heavy (non-hydrogen) atoms. The summed E-state index contributed by atoms with van der Waals surface area (Å²) >= 11 is 0. The van der Waals surface area contributed by atoms with Crippen molar-refractivity contribution in [1.82, 2.24) is 0 Å². The van der Waals surface area contributed by atoms with Gasteiger partial charge in [0.1, 0.15) is 21.3 Å². The number of rotatable bonds is 14. The molecular formula is C28H42O4S. The molecule has 0 heterocycles. The summed E-state index contributed by atoms with van der Waals surface area (Å²) in [4.78, 5) is -0.118. The lowest BCUT2D eigenvalue weighted by Gasteiger charge is -2.16. The SMILES string of the molecule is CC(C)CCCCCc1cccc(O)c1S(=O)(=O)c1c(O)cccc1CCCCCC(C)C. The molecule has 2 N–H and O–H groups in total. The highest BCUT2D eigenvalue weighted by molar-refractivity contribution is 7.91. The van der Waals surface area contributed by atoms with Crippen molar-refractivity contribution in [3.8, 4) is 11.5 Å². The first-order chi connectivity index (χ1) is 15.6. The summed E-state index contributed by atoms with van der Waals surface area (Å²) in [5.74, 6) is 0.819. The molecule has 0 saturated heterocycles. The van der Waals surface area contributed by atoms with Crippen molar-refractivity contribution in [2.75, 3.05) is 0 Å². The molecule has 0 spiro atoms. The van der Waals surface area contributed by atoms with Crippen LogP contribution in [-0.4, -0.2) is 18.6 Å². The minimum atomic E-state index is -4.07. The standard InChI is InChI=1S/C28H42O4S/c1-21(2)13-7-5-9-15-23-17-11-19-25(29)27(23)33(31,32)28-24(18-12-20-26(28)30)16-10-6-8-14-22(3)4/h11-12,17-22,29-30H,5-10,13-16H2,1-4H3. The van der Waals surface area contributed by atoms with E-state index in [0.717, 1.165) is 51.4 Å². The molecule has 4 nitrogen and oxygen atoms in total. The zero-order valence-corrected chi connectivity index (χ0v) is 21.6. The maximum atomic E-state index is 13.8. The van der Waals surface area contributed by atoms with Crippen molar-refractivity contribution >= 4 is 9.84 Å². The van der Waals surface area contributed by atoms with Crippen LogP contribution in [0.4, 0.5) is 0 Å². The molecule has 0 saturated carbocycles. The summed E-state index contributed by atoms with van der Waals surface area (Å²) in [5, 5.41) is 21.2. The van der Waals surface area contributed by atoms with Gasteiger partial charge in [0.2, 0.25) is 9.84 Å². The monoisotopic (exact) mass is 474 g/mol. The lowest BCUT2D eigenvalue weighted by molar-refractivity contribution is 0.449. The number of hydrogen-bond donors (Lipinski definition) is 2. The zero-order chi connectivity index (χ0) is 24.4. The van der Waals surface area contributed by atoms with Crippen LogP contribution < -0.4 is 0 Å². The van der Waals surface area contributed by atoms with E-state index in [0.29, 0.717) is 35.8 Å². The minimum Gasteiger partial charge on any atom is -0.507 e. The van der Waals surface area contributed by atoms with Crippen molar-refractivity contribution in [3.05, 3.63) is 47.5 Å². The number of phenolic OH excluding ortho intramolecular Hbond substituents is 2. The van der Waals surface area contributed by atoms with Gasteiger partial charge in [-0.15, -0.1) is 0 Å². The van der Waals surface area contributed by atoms with Crippen LogP contribution in [0.15, 0.2) is 46.2 Å². The Morgan fingerprint density at radius 2 is 1.03 bits per heavy atom. The highest BCUT2D eigenvalue weighted by atomic mass is 32.2. The summed E-state index contributed by atoms with van der Waals surface area (Å²) < 4.78 is 27.5. The third-order valence-electron chi connectivity index (χ3n) is 6.14. The van der Waals surface area contributed by atoms with E-state index in [-0.39, 0.29) is 21.3 Å². The van der Waals surface area contributed by atoms with Gasteiger partial charge >= 0.3 is 0 Å². The van der Waals surface area contributed by atoms with Gasteiger partial charge in [-0.05, 0) is 60.8 Å². The van der Waals surface area contributed by atoms with Gasteiger partial charge < -0.3 is 10.2 Å². The van der Waals surface area contributed by atoms with Crippen molar-refractivity contribution in [1.29, 1.82) is 0 Å². The fourth-order valence-corrected chi connectivity index (χ4v) is 6.27. The first-order valence-corrected chi connectivity index (χ1v) is 14.0. The van der Waals surface area contributed by atoms with E-state index in [4.69, 9.17) is 0 Å². The van der Waals surface area contributed by atoms with Gasteiger partial charge in [-0.2, -0.15) is 0 Å². The normalized spacial score (nSPS) is 12.1. The molecule has 0 unspecified atom stereocenters. The van der Waals surface area contributed by atoms with Gasteiger partial charge in [0.05, 0.1) is 0 Å². The summed E-state index contributed by atoms with van der Waals surface area (Å²) in [7, 11) is -4.07. The average molecular weight is 475 g/mol. The van der Waals surface area contributed by atoms with E-state index in [1.165, 1.54) is 12.1 Å². The zero-order valence-electron chi connectivity index (χ0n) is 20.8. The van der Waals surface area contributed by atoms with Crippen LogP contribution in [0.25, 0.3) is 0 Å². The lowest BCUT2D eigenvalue weighted by atomic mass is 10.0. The van der Waals surface area contributed by atoms with Crippen LogP contribution in [0.5, 0.6) is 11.5 Å². The maximum Gasteiger partial charge on any atom is 0.214 e. The third kappa shape index (κ3) is 8.06. The minimum absolute atomic E-state index is 0.0589. The predicted molar refractivity (Wildman–Crippen MR) is 136 cm³/mol. The molecular weight excluding hydrogens is 432 g/mol. The van der Waals surface area contributed by atoms with Crippen LogP contribution in [0.3, 0.4) is 0 Å². The molecule has 0 aromatic heterocycles. The maximum absolute atomic E-state index is 13.8.